The lowest BCUT2D eigenvalue weighted by Crippen LogP contribution is -2.30. The van der Waals surface area contributed by atoms with E-state index in [9.17, 15) is 4.79 Å². The second kappa shape index (κ2) is 5.66. The fraction of sp³-hybridized carbons (Fsp3) is 0.214. The van der Waals surface area contributed by atoms with E-state index in [1.165, 1.54) is 0 Å². The molecule has 21 heavy (non-hydrogen) atoms. The molecule has 0 saturated carbocycles. The minimum Gasteiger partial charge on any atom is -0.360 e. The Kier molecular flexibility index (Phi) is 3.55. The topological polar surface area (TPSA) is 84.5 Å². The average Bonchev–Trinajstić information content (AvgIpc) is 3.04. The molecule has 0 aliphatic heterocycles. The van der Waals surface area contributed by atoms with Gasteiger partial charge in [-0.25, -0.2) is 9.78 Å². The SMILES string of the molecule is Cc1cc(NC(=O)NCCc2cn3ccccc3n2)no1. The highest BCUT2D eigenvalue weighted by atomic mass is 16.5. The number of nitrogens with zero attached hydrogens (tertiary/aromatic N) is 3. The molecule has 7 nitrogen and oxygen atoms in total. The molecule has 2 N–H and O–H groups in total. The summed E-state index contributed by atoms with van der Waals surface area (Å²) < 4.78 is 6.82. The summed E-state index contributed by atoms with van der Waals surface area (Å²) in [5.74, 6) is 1.05. The van der Waals surface area contributed by atoms with Gasteiger partial charge in [-0.05, 0) is 19.1 Å². The smallest absolute Gasteiger partial charge is 0.320 e. The second-order valence-electron chi connectivity index (χ2n) is 4.65. The molecule has 0 radical (unpaired) electrons. The van der Waals surface area contributed by atoms with E-state index in [1.54, 1.807) is 13.0 Å². The highest BCUT2D eigenvalue weighted by Crippen LogP contribution is 2.07. The molecule has 0 aliphatic carbocycles. The lowest BCUT2D eigenvalue weighted by Gasteiger charge is -2.03. The molecular formula is C14H15N5O2. The van der Waals surface area contributed by atoms with Gasteiger partial charge in [0, 0.05) is 31.4 Å². The van der Waals surface area contributed by atoms with E-state index in [1.807, 2.05) is 35.0 Å². The Morgan fingerprint density at radius 1 is 1.43 bits per heavy atom. The number of rotatable bonds is 4. The molecule has 0 fully saturated rings. The third-order valence-electron chi connectivity index (χ3n) is 2.95. The number of pyridine rings is 1. The number of anilines is 1. The number of nitrogens with one attached hydrogen (secondary N) is 2. The van der Waals surface area contributed by atoms with Crippen molar-refractivity contribution >= 4 is 17.5 Å². The average molecular weight is 285 g/mol. The van der Waals surface area contributed by atoms with Crippen molar-refractivity contribution in [3.63, 3.8) is 0 Å². The molecule has 0 spiro atoms. The van der Waals surface area contributed by atoms with Crippen LogP contribution in [0, 0.1) is 6.92 Å². The minimum atomic E-state index is -0.313. The van der Waals surface area contributed by atoms with Gasteiger partial charge in [-0.3, -0.25) is 5.32 Å². The number of aromatic nitrogens is 3. The zero-order valence-electron chi connectivity index (χ0n) is 11.5. The van der Waals surface area contributed by atoms with Crippen LogP contribution in [0.5, 0.6) is 0 Å². The number of hydrogen-bond donors (Lipinski definition) is 2. The predicted molar refractivity (Wildman–Crippen MR) is 77.2 cm³/mol. The number of hydrogen-bond acceptors (Lipinski definition) is 4. The van der Waals surface area contributed by atoms with Crippen molar-refractivity contribution in [2.24, 2.45) is 0 Å². The fourth-order valence-corrected chi connectivity index (χ4v) is 2.00. The molecule has 0 aliphatic rings. The van der Waals surface area contributed by atoms with Crippen LogP contribution in [0.3, 0.4) is 0 Å². The van der Waals surface area contributed by atoms with Gasteiger partial charge in [0.1, 0.15) is 11.4 Å². The summed E-state index contributed by atoms with van der Waals surface area (Å²) in [4.78, 5) is 16.1. The monoisotopic (exact) mass is 285 g/mol. The van der Waals surface area contributed by atoms with Gasteiger partial charge in [0.25, 0.3) is 0 Å². The Balaban J connectivity index is 1.50. The predicted octanol–water partition coefficient (Wildman–Crippen LogP) is 1.99. The van der Waals surface area contributed by atoms with Crippen molar-refractivity contribution in [3.05, 3.63) is 48.1 Å². The summed E-state index contributed by atoms with van der Waals surface area (Å²) in [6.07, 6.45) is 4.56. The third kappa shape index (κ3) is 3.19. The van der Waals surface area contributed by atoms with Gasteiger partial charge in [-0.1, -0.05) is 11.2 Å². The first-order valence-corrected chi connectivity index (χ1v) is 6.61. The van der Waals surface area contributed by atoms with Crippen LogP contribution < -0.4 is 10.6 Å². The maximum atomic E-state index is 11.7. The molecule has 3 aromatic rings. The molecule has 3 aromatic heterocycles. The van der Waals surface area contributed by atoms with Crippen molar-refractivity contribution in [2.45, 2.75) is 13.3 Å². The number of carbonyl (C=O) groups excluding carboxylic acids is 1. The second-order valence-corrected chi connectivity index (χ2v) is 4.65. The van der Waals surface area contributed by atoms with E-state index in [-0.39, 0.29) is 6.03 Å². The van der Waals surface area contributed by atoms with Gasteiger partial charge in [-0.2, -0.15) is 0 Å². The molecule has 0 unspecified atom stereocenters. The molecule has 3 heterocycles. The highest BCUT2D eigenvalue weighted by Gasteiger charge is 2.06. The largest absolute Gasteiger partial charge is 0.360 e. The number of amides is 2. The van der Waals surface area contributed by atoms with Crippen molar-refractivity contribution in [1.29, 1.82) is 0 Å². The van der Waals surface area contributed by atoms with E-state index >= 15 is 0 Å². The van der Waals surface area contributed by atoms with Crippen LogP contribution >= 0.6 is 0 Å². The van der Waals surface area contributed by atoms with Gasteiger partial charge in [0.2, 0.25) is 0 Å². The van der Waals surface area contributed by atoms with Crippen LogP contribution in [0.4, 0.5) is 10.6 Å². The molecule has 0 saturated heterocycles. The van der Waals surface area contributed by atoms with Gasteiger partial charge in [0.15, 0.2) is 5.82 Å². The summed E-state index contributed by atoms with van der Waals surface area (Å²) in [7, 11) is 0. The molecule has 3 rings (SSSR count). The quantitative estimate of drug-likeness (QED) is 0.767. The summed E-state index contributed by atoms with van der Waals surface area (Å²) in [5.41, 5.74) is 1.83. The van der Waals surface area contributed by atoms with Gasteiger partial charge in [0.05, 0.1) is 5.69 Å². The van der Waals surface area contributed by atoms with Crippen molar-refractivity contribution in [1.82, 2.24) is 19.9 Å². The van der Waals surface area contributed by atoms with E-state index in [0.717, 1.165) is 11.3 Å². The third-order valence-corrected chi connectivity index (χ3v) is 2.95. The molecule has 2 amide bonds. The summed E-state index contributed by atoms with van der Waals surface area (Å²) in [6.45, 7) is 2.26. The molecule has 7 heteroatoms. The maximum Gasteiger partial charge on any atom is 0.320 e. The first-order valence-electron chi connectivity index (χ1n) is 6.61. The van der Waals surface area contributed by atoms with Crippen LogP contribution in [0.2, 0.25) is 0 Å². The Morgan fingerprint density at radius 3 is 3.10 bits per heavy atom. The first-order chi connectivity index (χ1) is 10.2. The van der Waals surface area contributed by atoms with Gasteiger partial charge >= 0.3 is 6.03 Å². The van der Waals surface area contributed by atoms with Crippen LogP contribution in [-0.4, -0.2) is 27.1 Å². The number of urea groups is 1. The van der Waals surface area contributed by atoms with Crippen LogP contribution in [0.1, 0.15) is 11.5 Å². The highest BCUT2D eigenvalue weighted by molar-refractivity contribution is 5.88. The van der Waals surface area contributed by atoms with Crippen LogP contribution in [-0.2, 0) is 6.42 Å². The van der Waals surface area contributed by atoms with Crippen LogP contribution in [0.15, 0.2) is 41.2 Å². The van der Waals surface area contributed by atoms with Gasteiger partial charge in [-0.15, -0.1) is 0 Å². The van der Waals surface area contributed by atoms with E-state index in [0.29, 0.717) is 24.5 Å². The molecule has 0 bridgehead atoms. The number of fused-ring (bicyclic) bond motifs is 1. The molecular weight excluding hydrogens is 270 g/mol. The van der Waals surface area contributed by atoms with E-state index in [2.05, 4.69) is 20.8 Å². The van der Waals surface area contributed by atoms with Gasteiger partial charge < -0.3 is 14.2 Å². The summed E-state index contributed by atoms with van der Waals surface area (Å²) in [5, 5.41) is 9.04. The normalized spacial score (nSPS) is 10.7. The zero-order valence-corrected chi connectivity index (χ0v) is 11.5. The van der Waals surface area contributed by atoms with E-state index in [4.69, 9.17) is 4.52 Å². The van der Waals surface area contributed by atoms with Crippen LogP contribution in [0.25, 0.3) is 5.65 Å². The zero-order chi connectivity index (χ0) is 14.7. The lowest BCUT2D eigenvalue weighted by molar-refractivity contribution is 0.252. The summed E-state index contributed by atoms with van der Waals surface area (Å²) >= 11 is 0. The molecule has 0 atom stereocenters. The molecule has 0 aromatic carbocycles. The van der Waals surface area contributed by atoms with Crippen molar-refractivity contribution in [2.75, 3.05) is 11.9 Å². The Labute approximate surface area is 121 Å². The maximum absolute atomic E-state index is 11.7. The Hall–Kier alpha value is -2.83. The lowest BCUT2D eigenvalue weighted by atomic mass is 10.3. The minimum absolute atomic E-state index is 0.313. The standard InChI is InChI=1S/C14H15N5O2/c1-10-8-12(18-21-10)17-14(20)15-6-5-11-9-19-7-3-2-4-13(19)16-11/h2-4,7-9H,5-6H2,1H3,(H2,15,17,18,20). The number of imidazole rings is 1. The van der Waals surface area contributed by atoms with Crippen molar-refractivity contribution < 1.29 is 9.32 Å². The van der Waals surface area contributed by atoms with E-state index < -0.39 is 0 Å². The Morgan fingerprint density at radius 2 is 2.33 bits per heavy atom. The fourth-order valence-electron chi connectivity index (χ4n) is 2.00. The first kappa shape index (κ1) is 13.2. The number of carbonyl (C=O) groups is 1. The summed E-state index contributed by atoms with van der Waals surface area (Å²) in [6, 6.07) is 7.17. The molecule has 108 valence electrons. The number of aryl methyl sites for hydroxylation is 1. The van der Waals surface area contributed by atoms with Crippen molar-refractivity contribution in [3.8, 4) is 0 Å². The Bertz CT molecular complexity index is 728.